The minimum absolute atomic E-state index is 0.459. The van der Waals surface area contributed by atoms with Gasteiger partial charge >= 0.3 is 0 Å². The Bertz CT molecular complexity index is 835. The van der Waals surface area contributed by atoms with E-state index in [2.05, 4.69) is 15.2 Å². The number of benzene rings is 1. The third-order valence-electron chi connectivity index (χ3n) is 2.99. The quantitative estimate of drug-likeness (QED) is 0.411. The van der Waals surface area contributed by atoms with Crippen LogP contribution in [0.1, 0.15) is 5.56 Å². The zero-order chi connectivity index (χ0) is 16.4. The molecule has 0 amide bonds. The Morgan fingerprint density at radius 3 is 2.61 bits per heavy atom. The molecule has 0 saturated heterocycles. The smallest absolute Gasteiger partial charge is 0.210 e. The highest BCUT2D eigenvalue weighted by atomic mass is 35.5. The summed E-state index contributed by atoms with van der Waals surface area (Å²) in [4.78, 5) is 4.03. The molecule has 9 heteroatoms. The van der Waals surface area contributed by atoms with Crippen LogP contribution in [0.3, 0.4) is 0 Å². The largest absolute Gasteiger partial charge is 0.335 e. The van der Waals surface area contributed by atoms with Crippen LogP contribution in [0.15, 0.2) is 41.7 Å². The van der Waals surface area contributed by atoms with Gasteiger partial charge < -0.3 is 5.84 Å². The zero-order valence-corrected chi connectivity index (χ0v) is 14.7. The first-order valence-corrected chi connectivity index (χ1v) is 8.55. The maximum atomic E-state index is 6.18. The van der Waals surface area contributed by atoms with E-state index in [0.29, 0.717) is 37.5 Å². The number of hydrogen-bond donors (Lipinski definition) is 1. The topological polar surface area (TPSA) is 69.6 Å². The van der Waals surface area contributed by atoms with E-state index in [0.717, 1.165) is 5.56 Å². The fourth-order valence-corrected chi connectivity index (χ4v) is 3.27. The Morgan fingerprint density at radius 2 is 1.91 bits per heavy atom. The van der Waals surface area contributed by atoms with Gasteiger partial charge in [-0.3, -0.25) is 0 Å². The Kier molecular flexibility index (Phi) is 4.96. The van der Waals surface area contributed by atoms with Crippen LogP contribution >= 0.6 is 46.6 Å². The van der Waals surface area contributed by atoms with Gasteiger partial charge in [-0.05, 0) is 29.8 Å². The van der Waals surface area contributed by atoms with E-state index >= 15 is 0 Å². The Balaban J connectivity index is 1.80. The minimum atomic E-state index is 0.459. The first-order chi connectivity index (χ1) is 11.0. The van der Waals surface area contributed by atoms with Crippen molar-refractivity contribution < 1.29 is 0 Å². The number of thioether (sulfide) groups is 1. The molecule has 2 aromatic heterocycles. The molecule has 23 heavy (non-hydrogen) atoms. The summed E-state index contributed by atoms with van der Waals surface area (Å²) in [6.45, 7) is 0. The molecule has 0 aliphatic rings. The lowest BCUT2D eigenvalue weighted by atomic mass is 10.2. The number of pyridine rings is 1. The van der Waals surface area contributed by atoms with E-state index < -0.39 is 0 Å². The highest BCUT2D eigenvalue weighted by Crippen LogP contribution is 2.30. The van der Waals surface area contributed by atoms with E-state index in [4.69, 9.17) is 40.6 Å². The van der Waals surface area contributed by atoms with Gasteiger partial charge in [0.25, 0.3) is 0 Å². The maximum absolute atomic E-state index is 6.18. The molecule has 5 nitrogen and oxygen atoms in total. The lowest BCUT2D eigenvalue weighted by Crippen LogP contribution is -2.11. The number of rotatable bonds is 4. The van der Waals surface area contributed by atoms with Crippen molar-refractivity contribution in [2.24, 2.45) is 0 Å². The average Bonchev–Trinajstić information content (AvgIpc) is 2.88. The minimum Gasteiger partial charge on any atom is -0.335 e. The summed E-state index contributed by atoms with van der Waals surface area (Å²) >= 11 is 19.3. The van der Waals surface area contributed by atoms with Crippen molar-refractivity contribution in [2.75, 3.05) is 5.84 Å². The number of hydrogen-bond acceptors (Lipinski definition) is 5. The van der Waals surface area contributed by atoms with Crippen molar-refractivity contribution in [3.05, 3.63) is 57.3 Å². The highest BCUT2D eigenvalue weighted by Gasteiger charge is 2.15. The molecule has 0 radical (unpaired) electrons. The molecule has 0 fully saturated rings. The maximum Gasteiger partial charge on any atom is 0.210 e. The Hall–Kier alpha value is -1.47. The normalized spacial score (nSPS) is 10.9. The molecule has 2 N–H and O–H groups in total. The van der Waals surface area contributed by atoms with E-state index in [1.807, 2.05) is 6.07 Å². The van der Waals surface area contributed by atoms with Crippen molar-refractivity contribution in [1.82, 2.24) is 19.9 Å². The summed E-state index contributed by atoms with van der Waals surface area (Å²) in [5.74, 6) is 7.20. The molecule has 0 saturated carbocycles. The van der Waals surface area contributed by atoms with Crippen LogP contribution in [0, 0.1) is 0 Å². The highest BCUT2D eigenvalue weighted by molar-refractivity contribution is 7.98. The van der Waals surface area contributed by atoms with Crippen molar-refractivity contribution in [3.8, 4) is 11.4 Å². The molecule has 3 rings (SSSR count). The van der Waals surface area contributed by atoms with Crippen LogP contribution in [-0.4, -0.2) is 19.9 Å². The molecule has 2 heterocycles. The van der Waals surface area contributed by atoms with Crippen LogP contribution in [0.25, 0.3) is 11.4 Å². The summed E-state index contributed by atoms with van der Waals surface area (Å²) in [7, 11) is 0. The molecule has 0 bridgehead atoms. The molecule has 0 spiro atoms. The number of nitrogens with zero attached hydrogens (tertiary/aromatic N) is 4. The van der Waals surface area contributed by atoms with Gasteiger partial charge in [-0.2, -0.15) is 0 Å². The molecular formula is C14H10Cl3N5S. The molecule has 1 aromatic carbocycles. The average molecular weight is 387 g/mol. The number of nitrogens with two attached hydrogens (primary N) is 1. The summed E-state index contributed by atoms with van der Waals surface area (Å²) in [5.41, 5.74) is 1.68. The monoisotopic (exact) mass is 385 g/mol. The summed E-state index contributed by atoms with van der Waals surface area (Å²) in [6, 6.07) is 8.76. The lowest BCUT2D eigenvalue weighted by Gasteiger charge is -2.05. The number of halogens is 3. The molecule has 0 unspecified atom stereocenters. The van der Waals surface area contributed by atoms with Crippen LogP contribution in [0.4, 0.5) is 0 Å². The van der Waals surface area contributed by atoms with Gasteiger partial charge in [0.15, 0.2) is 5.82 Å². The summed E-state index contributed by atoms with van der Waals surface area (Å²) in [6.07, 6.45) is 1.71. The molecule has 0 atom stereocenters. The second-order valence-corrected chi connectivity index (χ2v) is 6.75. The molecular weight excluding hydrogens is 377 g/mol. The van der Waals surface area contributed by atoms with Crippen LogP contribution < -0.4 is 5.84 Å². The first kappa shape index (κ1) is 16.4. The predicted octanol–water partition coefficient (Wildman–Crippen LogP) is 4.31. The van der Waals surface area contributed by atoms with Crippen molar-refractivity contribution in [2.45, 2.75) is 10.9 Å². The molecule has 118 valence electrons. The molecule has 0 aliphatic carbocycles. The number of aromatic nitrogens is 4. The fraction of sp³-hybridized carbons (Fsp3) is 0.0714. The Labute approximate surface area is 151 Å². The Morgan fingerprint density at radius 1 is 1.09 bits per heavy atom. The van der Waals surface area contributed by atoms with Crippen LogP contribution in [0.2, 0.25) is 15.2 Å². The predicted molar refractivity (Wildman–Crippen MR) is 94.4 cm³/mol. The SMILES string of the molecule is Nn1c(SCc2ccc(Cl)nc2)nnc1-c1ccc(Cl)cc1Cl. The van der Waals surface area contributed by atoms with E-state index in [9.17, 15) is 0 Å². The van der Waals surface area contributed by atoms with Gasteiger partial charge in [0.1, 0.15) is 5.15 Å². The van der Waals surface area contributed by atoms with Gasteiger partial charge in [-0.25, -0.2) is 9.66 Å². The summed E-state index contributed by atoms with van der Waals surface area (Å²) in [5, 5.41) is 10.3. The first-order valence-electron chi connectivity index (χ1n) is 6.44. The van der Waals surface area contributed by atoms with Gasteiger partial charge in [0, 0.05) is 22.5 Å². The second-order valence-electron chi connectivity index (χ2n) is 4.58. The van der Waals surface area contributed by atoms with Crippen molar-refractivity contribution in [3.63, 3.8) is 0 Å². The van der Waals surface area contributed by atoms with Gasteiger partial charge in [0.05, 0.1) is 5.02 Å². The van der Waals surface area contributed by atoms with E-state index in [1.54, 1.807) is 30.5 Å². The fourth-order valence-electron chi connectivity index (χ4n) is 1.87. The standard InChI is InChI=1S/C14H10Cl3N5S/c15-9-2-3-10(11(16)5-9)13-20-21-14(22(13)18)23-7-8-1-4-12(17)19-6-8/h1-6H,7,18H2. The third-order valence-corrected chi connectivity index (χ3v) is 4.78. The third kappa shape index (κ3) is 3.72. The summed E-state index contributed by atoms with van der Waals surface area (Å²) < 4.78 is 1.41. The van der Waals surface area contributed by atoms with Crippen LogP contribution in [-0.2, 0) is 5.75 Å². The van der Waals surface area contributed by atoms with E-state index in [-0.39, 0.29) is 0 Å². The van der Waals surface area contributed by atoms with Gasteiger partial charge in [0.2, 0.25) is 5.16 Å². The van der Waals surface area contributed by atoms with Gasteiger partial charge in [-0.15, -0.1) is 10.2 Å². The number of nitrogen functional groups attached to an aromatic ring is 1. The molecule has 0 aliphatic heterocycles. The van der Waals surface area contributed by atoms with Crippen LogP contribution in [0.5, 0.6) is 0 Å². The molecule has 3 aromatic rings. The second kappa shape index (κ2) is 6.97. The van der Waals surface area contributed by atoms with Crippen molar-refractivity contribution >= 4 is 46.6 Å². The van der Waals surface area contributed by atoms with Crippen molar-refractivity contribution in [1.29, 1.82) is 0 Å². The lowest BCUT2D eigenvalue weighted by molar-refractivity contribution is 0.849. The zero-order valence-electron chi connectivity index (χ0n) is 11.6. The van der Waals surface area contributed by atoms with Gasteiger partial charge in [-0.1, -0.05) is 52.6 Å². The van der Waals surface area contributed by atoms with E-state index in [1.165, 1.54) is 16.4 Å².